The summed E-state index contributed by atoms with van der Waals surface area (Å²) in [7, 11) is 0. The predicted molar refractivity (Wildman–Crippen MR) is 134 cm³/mol. The molecule has 1 N–H and O–H groups in total. The minimum Gasteiger partial charge on any atom is -0.368 e. The van der Waals surface area contributed by atoms with Crippen molar-refractivity contribution in [1.29, 1.82) is 0 Å². The minimum atomic E-state index is 0.683. The van der Waals surface area contributed by atoms with Gasteiger partial charge in [0.05, 0.1) is 5.52 Å². The molecule has 0 fully saturated rings. The van der Waals surface area contributed by atoms with Crippen molar-refractivity contribution in [3.63, 3.8) is 0 Å². The molecule has 31 heavy (non-hydrogen) atoms. The van der Waals surface area contributed by atoms with Crippen LogP contribution < -0.4 is 5.32 Å². The van der Waals surface area contributed by atoms with Crippen LogP contribution >= 0.6 is 11.6 Å². The Balaban J connectivity index is 1.70. The zero-order valence-corrected chi connectivity index (χ0v) is 18.7. The van der Waals surface area contributed by atoms with Crippen LogP contribution in [0.2, 0.25) is 5.02 Å². The second-order valence-corrected chi connectivity index (χ2v) is 7.92. The number of hydrogen-bond donors (Lipinski definition) is 1. The third kappa shape index (κ3) is 5.22. The van der Waals surface area contributed by atoms with Gasteiger partial charge in [0.15, 0.2) is 5.82 Å². The lowest BCUT2D eigenvalue weighted by Gasteiger charge is -2.18. The molecule has 1 heterocycles. The first-order valence-electron chi connectivity index (χ1n) is 10.8. The molecule has 0 spiro atoms. The van der Waals surface area contributed by atoms with Crippen molar-refractivity contribution in [3.8, 4) is 0 Å². The fourth-order valence-electron chi connectivity index (χ4n) is 3.66. The number of hydrogen-bond acceptors (Lipinski definition) is 4. The van der Waals surface area contributed by atoms with E-state index in [1.807, 2.05) is 36.4 Å². The number of rotatable bonds is 8. The number of nitrogens with zero attached hydrogens (tertiary/aromatic N) is 3. The van der Waals surface area contributed by atoms with Crippen molar-refractivity contribution in [2.45, 2.75) is 13.8 Å². The third-order valence-electron chi connectivity index (χ3n) is 5.49. The highest BCUT2D eigenvalue weighted by Gasteiger charge is 2.09. The van der Waals surface area contributed by atoms with Crippen molar-refractivity contribution in [3.05, 3.63) is 77.1 Å². The summed E-state index contributed by atoms with van der Waals surface area (Å²) in [6.45, 7) is 8.28. The first-order valence-corrected chi connectivity index (χ1v) is 11.1. The summed E-state index contributed by atoms with van der Waals surface area (Å²) in [5.41, 5.74) is 2.00. The van der Waals surface area contributed by atoms with Gasteiger partial charge in [-0.25, -0.2) is 9.97 Å². The number of benzene rings is 3. The van der Waals surface area contributed by atoms with Crippen molar-refractivity contribution in [2.75, 3.05) is 31.5 Å². The highest BCUT2D eigenvalue weighted by molar-refractivity contribution is 6.30. The summed E-state index contributed by atoms with van der Waals surface area (Å²) in [5.74, 6) is 1.56. The number of nitrogens with one attached hydrogen (secondary N) is 1. The molecule has 0 bridgehead atoms. The van der Waals surface area contributed by atoms with E-state index in [9.17, 15) is 0 Å². The van der Waals surface area contributed by atoms with Crippen LogP contribution in [0.5, 0.6) is 0 Å². The van der Waals surface area contributed by atoms with E-state index in [1.165, 1.54) is 10.8 Å². The van der Waals surface area contributed by atoms with Gasteiger partial charge < -0.3 is 10.2 Å². The fourth-order valence-corrected chi connectivity index (χ4v) is 3.79. The zero-order valence-electron chi connectivity index (χ0n) is 18.0. The van der Waals surface area contributed by atoms with Crippen molar-refractivity contribution < 1.29 is 0 Å². The molecule has 5 heteroatoms. The lowest BCUT2D eigenvalue weighted by molar-refractivity contribution is 0.316. The lowest BCUT2D eigenvalue weighted by Crippen LogP contribution is -2.28. The maximum absolute atomic E-state index is 5.99. The maximum atomic E-state index is 5.99. The normalized spacial score (nSPS) is 11.7. The quantitative estimate of drug-likeness (QED) is 0.330. The summed E-state index contributed by atoms with van der Waals surface area (Å²) < 4.78 is 0. The molecule has 0 aliphatic rings. The molecule has 3 aromatic carbocycles. The summed E-state index contributed by atoms with van der Waals surface area (Å²) >= 11 is 5.99. The third-order valence-corrected chi connectivity index (χ3v) is 5.74. The van der Waals surface area contributed by atoms with Gasteiger partial charge in [-0.2, -0.15) is 0 Å². The Morgan fingerprint density at radius 3 is 2.32 bits per heavy atom. The molecule has 0 unspecified atom stereocenters. The Kier molecular flexibility index (Phi) is 6.80. The fraction of sp³-hybridized carbons (Fsp3) is 0.231. The van der Waals surface area contributed by atoms with E-state index in [0.717, 1.165) is 53.5 Å². The molecule has 0 aliphatic heterocycles. The van der Waals surface area contributed by atoms with Crippen molar-refractivity contribution >= 4 is 51.2 Å². The predicted octanol–water partition coefficient (Wildman–Crippen LogP) is 6.36. The first-order chi connectivity index (χ1) is 15.2. The van der Waals surface area contributed by atoms with Crippen LogP contribution in [0, 0.1) is 0 Å². The SMILES string of the molecule is CCN(CC)CCNc1nc(/C=C/c2ccc(Cl)cc2)nc2cc3ccccc3cc12. The Labute approximate surface area is 188 Å². The van der Waals surface area contributed by atoms with Crippen molar-refractivity contribution in [2.24, 2.45) is 0 Å². The number of aromatic nitrogens is 2. The summed E-state index contributed by atoms with van der Waals surface area (Å²) in [6.07, 6.45) is 3.96. The monoisotopic (exact) mass is 430 g/mol. The summed E-state index contributed by atoms with van der Waals surface area (Å²) in [5, 5.41) is 7.69. The Morgan fingerprint density at radius 2 is 1.61 bits per heavy atom. The van der Waals surface area contributed by atoms with E-state index in [1.54, 1.807) is 0 Å². The van der Waals surface area contributed by atoms with Gasteiger partial charge in [0.1, 0.15) is 5.82 Å². The Hall–Kier alpha value is -2.95. The molecule has 0 amide bonds. The van der Waals surface area contributed by atoms with Gasteiger partial charge in [-0.3, -0.25) is 0 Å². The van der Waals surface area contributed by atoms with E-state index in [2.05, 4.69) is 60.5 Å². The van der Waals surface area contributed by atoms with E-state index in [4.69, 9.17) is 21.6 Å². The second-order valence-electron chi connectivity index (χ2n) is 7.49. The molecular formula is C26H27ClN4. The van der Waals surface area contributed by atoms with Crippen LogP contribution in [-0.4, -0.2) is 41.0 Å². The Bertz CT molecular complexity index is 1200. The van der Waals surface area contributed by atoms with Crippen LogP contribution in [0.3, 0.4) is 0 Å². The van der Waals surface area contributed by atoms with E-state index in [-0.39, 0.29) is 0 Å². The molecule has 158 valence electrons. The highest BCUT2D eigenvalue weighted by Crippen LogP contribution is 2.27. The molecule has 0 atom stereocenters. The second kappa shape index (κ2) is 9.90. The zero-order chi connectivity index (χ0) is 21.6. The average Bonchev–Trinajstić information content (AvgIpc) is 2.80. The highest BCUT2D eigenvalue weighted by atomic mass is 35.5. The molecule has 0 aliphatic carbocycles. The van der Waals surface area contributed by atoms with Crippen LogP contribution in [0.25, 0.3) is 33.8 Å². The van der Waals surface area contributed by atoms with Crippen LogP contribution in [-0.2, 0) is 0 Å². The van der Waals surface area contributed by atoms with Crippen LogP contribution in [0.1, 0.15) is 25.2 Å². The molecule has 4 aromatic rings. The standard InChI is InChI=1S/C26H27ClN4/c1-3-31(4-2)16-15-28-26-23-17-20-7-5-6-8-21(20)18-24(23)29-25(30-26)14-11-19-9-12-22(27)13-10-19/h5-14,17-18H,3-4,15-16H2,1-2H3,(H,28,29,30)/b14-11+. The number of halogens is 1. The van der Waals surface area contributed by atoms with Gasteiger partial charge in [0, 0.05) is 23.5 Å². The van der Waals surface area contributed by atoms with Crippen molar-refractivity contribution in [1.82, 2.24) is 14.9 Å². The van der Waals surface area contributed by atoms with Gasteiger partial charge >= 0.3 is 0 Å². The molecule has 0 saturated heterocycles. The average molecular weight is 431 g/mol. The van der Waals surface area contributed by atoms with Gasteiger partial charge in [0.2, 0.25) is 0 Å². The molecule has 4 nitrogen and oxygen atoms in total. The van der Waals surface area contributed by atoms with E-state index >= 15 is 0 Å². The molecular weight excluding hydrogens is 404 g/mol. The molecule has 0 radical (unpaired) electrons. The first kappa shape index (κ1) is 21.3. The maximum Gasteiger partial charge on any atom is 0.154 e. The molecule has 4 rings (SSSR count). The molecule has 1 aromatic heterocycles. The van der Waals surface area contributed by atoms with E-state index in [0.29, 0.717) is 5.82 Å². The summed E-state index contributed by atoms with van der Waals surface area (Å²) in [4.78, 5) is 12.1. The van der Waals surface area contributed by atoms with Gasteiger partial charge in [-0.05, 0) is 59.8 Å². The number of likely N-dealkylation sites (N-methyl/N-ethyl adjacent to an activating group) is 1. The number of fused-ring (bicyclic) bond motifs is 2. The largest absolute Gasteiger partial charge is 0.368 e. The van der Waals surface area contributed by atoms with E-state index < -0.39 is 0 Å². The smallest absolute Gasteiger partial charge is 0.154 e. The summed E-state index contributed by atoms with van der Waals surface area (Å²) in [6, 6.07) is 20.4. The number of anilines is 1. The Morgan fingerprint density at radius 1 is 0.903 bits per heavy atom. The van der Waals surface area contributed by atoms with Crippen LogP contribution in [0.15, 0.2) is 60.7 Å². The van der Waals surface area contributed by atoms with Gasteiger partial charge in [-0.15, -0.1) is 0 Å². The minimum absolute atomic E-state index is 0.683. The van der Waals surface area contributed by atoms with Crippen LogP contribution in [0.4, 0.5) is 5.82 Å². The van der Waals surface area contributed by atoms with Gasteiger partial charge in [0.25, 0.3) is 0 Å². The molecule has 0 saturated carbocycles. The van der Waals surface area contributed by atoms with Gasteiger partial charge in [-0.1, -0.05) is 67.9 Å². The topological polar surface area (TPSA) is 41.0 Å². The lowest BCUT2D eigenvalue weighted by atomic mass is 10.1.